The Bertz CT molecular complexity index is 1010. The minimum absolute atomic E-state index is 0.0605. The van der Waals surface area contributed by atoms with Gasteiger partial charge in [-0.3, -0.25) is 10.1 Å². The summed E-state index contributed by atoms with van der Waals surface area (Å²) in [5, 5.41) is 3.50. The van der Waals surface area contributed by atoms with E-state index in [9.17, 15) is 13.2 Å². The topological polar surface area (TPSA) is 79.4 Å². The number of carbonyl (C=O) groups is 1. The van der Waals surface area contributed by atoms with Crippen LogP contribution in [0.2, 0.25) is 0 Å². The van der Waals surface area contributed by atoms with Gasteiger partial charge in [0.15, 0.2) is 5.13 Å². The van der Waals surface area contributed by atoms with Crippen LogP contribution in [0.15, 0.2) is 29.2 Å². The number of anilines is 1. The van der Waals surface area contributed by atoms with Gasteiger partial charge >= 0.3 is 0 Å². The van der Waals surface area contributed by atoms with Crippen molar-refractivity contribution in [3.63, 3.8) is 0 Å². The van der Waals surface area contributed by atoms with E-state index in [1.54, 1.807) is 39.9 Å². The average molecular weight is 448 g/mol. The number of fused-ring (bicyclic) bond motifs is 1. The molecule has 1 aromatic heterocycles. The number of nitrogens with zero attached hydrogens (tertiary/aromatic N) is 2. The van der Waals surface area contributed by atoms with Crippen molar-refractivity contribution in [3.8, 4) is 0 Å². The van der Waals surface area contributed by atoms with Gasteiger partial charge in [0.05, 0.1) is 10.6 Å². The number of hydrogen-bond donors (Lipinski definition) is 1. The molecule has 1 fully saturated rings. The Morgan fingerprint density at radius 3 is 2.73 bits per heavy atom. The van der Waals surface area contributed by atoms with Crippen molar-refractivity contribution in [2.45, 2.75) is 69.7 Å². The summed E-state index contributed by atoms with van der Waals surface area (Å²) < 4.78 is 27.8. The van der Waals surface area contributed by atoms with Gasteiger partial charge in [0, 0.05) is 23.0 Å². The van der Waals surface area contributed by atoms with Gasteiger partial charge < -0.3 is 0 Å². The van der Waals surface area contributed by atoms with E-state index in [2.05, 4.69) is 17.2 Å². The Morgan fingerprint density at radius 1 is 1.23 bits per heavy atom. The van der Waals surface area contributed by atoms with Crippen LogP contribution < -0.4 is 5.32 Å². The van der Waals surface area contributed by atoms with Gasteiger partial charge in [0.2, 0.25) is 10.0 Å². The fourth-order valence-electron chi connectivity index (χ4n) is 4.37. The minimum atomic E-state index is -3.54. The maximum atomic E-state index is 13.1. The van der Waals surface area contributed by atoms with Crippen molar-refractivity contribution >= 4 is 32.4 Å². The van der Waals surface area contributed by atoms with Crippen LogP contribution in [-0.4, -0.2) is 36.2 Å². The highest BCUT2D eigenvalue weighted by atomic mass is 32.2. The first-order valence-electron chi connectivity index (χ1n) is 10.8. The van der Waals surface area contributed by atoms with Crippen molar-refractivity contribution in [2.24, 2.45) is 5.92 Å². The number of piperidine rings is 1. The molecule has 0 bridgehead atoms. The van der Waals surface area contributed by atoms with Crippen LogP contribution in [0.3, 0.4) is 0 Å². The summed E-state index contributed by atoms with van der Waals surface area (Å²) >= 11 is 1.55. The van der Waals surface area contributed by atoms with Gasteiger partial charge in [-0.1, -0.05) is 20.3 Å². The molecule has 1 aliphatic carbocycles. The smallest absolute Gasteiger partial charge is 0.257 e. The highest BCUT2D eigenvalue weighted by Crippen LogP contribution is 2.32. The molecule has 2 heterocycles. The van der Waals surface area contributed by atoms with Crippen molar-refractivity contribution in [2.75, 3.05) is 11.9 Å². The standard InChI is InChI=1S/C22H29N3O3S2/c1-3-17-6-4-5-13-25(17)30(27,28)18-10-8-16(9-11-18)21(26)24-22-23-19-12-7-15(2)14-20(19)29-22/h8-11,15,17H,3-7,12-14H2,1-2H3,(H,23,24,26)/t15-,17-/m0/s1. The number of rotatable bonds is 5. The van der Waals surface area contributed by atoms with Crippen molar-refractivity contribution in [1.82, 2.24) is 9.29 Å². The zero-order valence-electron chi connectivity index (χ0n) is 17.6. The molecule has 2 aromatic rings. The Kier molecular flexibility index (Phi) is 6.27. The first-order valence-corrected chi connectivity index (χ1v) is 13.1. The van der Waals surface area contributed by atoms with Crippen molar-refractivity contribution < 1.29 is 13.2 Å². The van der Waals surface area contributed by atoms with Gasteiger partial charge in [-0.15, -0.1) is 11.3 Å². The lowest BCUT2D eigenvalue weighted by Gasteiger charge is -2.34. The number of carbonyl (C=O) groups excluding carboxylic acids is 1. The number of aromatic nitrogens is 1. The Balaban J connectivity index is 1.47. The molecule has 0 spiro atoms. The van der Waals surface area contributed by atoms with Gasteiger partial charge in [0.25, 0.3) is 5.91 Å². The molecule has 4 rings (SSSR count). The second-order valence-corrected chi connectivity index (χ2v) is 11.4. The van der Waals surface area contributed by atoms with Crippen LogP contribution in [0.5, 0.6) is 0 Å². The molecule has 2 atom stereocenters. The molecule has 0 unspecified atom stereocenters. The minimum Gasteiger partial charge on any atom is -0.298 e. The summed E-state index contributed by atoms with van der Waals surface area (Å²) in [6, 6.07) is 6.32. The molecular weight excluding hydrogens is 418 g/mol. The van der Waals surface area contributed by atoms with Crippen molar-refractivity contribution in [3.05, 3.63) is 40.4 Å². The highest BCUT2D eigenvalue weighted by molar-refractivity contribution is 7.89. The number of benzene rings is 1. The van der Waals surface area contributed by atoms with Crippen LogP contribution in [-0.2, 0) is 22.9 Å². The largest absolute Gasteiger partial charge is 0.298 e. The number of nitrogens with one attached hydrogen (secondary N) is 1. The number of sulfonamides is 1. The molecule has 1 saturated heterocycles. The average Bonchev–Trinajstić information content (AvgIpc) is 3.15. The quantitative estimate of drug-likeness (QED) is 0.733. The predicted octanol–water partition coefficient (Wildman–Crippen LogP) is 4.47. The lowest BCUT2D eigenvalue weighted by molar-refractivity contribution is 0.102. The molecular formula is C22H29N3O3S2. The van der Waals surface area contributed by atoms with E-state index < -0.39 is 10.0 Å². The van der Waals surface area contributed by atoms with Gasteiger partial charge in [0.1, 0.15) is 0 Å². The molecule has 6 nitrogen and oxygen atoms in total. The Labute approximate surface area is 182 Å². The number of aryl methyl sites for hydroxylation is 1. The molecule has 0 saturated carbocycles. The van der Waals surface area contributed by atoms with Crippen LogP contribution >= 0.6 is 11.3 Å². The van der Waals surface area contributed by atoms with E-state index >= 15 is 0 Å². The van der Waals surface area contributed by atoms with Crippen molar-refractivity contribution in [1.29, 1.82) is 0 Å². The maximum Gasteiger partial charge on any atom is 0.257 e. The normalized spacial score (nSPS) is 22.5. The van der Waals surface area contributed by atoms with E-state index in [0.717, 1.165) is 50.6 Å². The second-order valence-electron chi connectivity index (χ2n) is 8.39. The lowest BCUT2D eigenvalue weighted by Crippen LogP contribution is -2.43. The fourth-order valence-corrected chi connectivity index (χ4v) is 7.31. The summed E-state index contributed by atoms with van der Waals surface area (Å²) in [5.74, 6) is 0.394. The SMILES string of the molecule is CC[C@H]1CCCCN1S(=O)(=O)c1ccc(C(=O)Nc2nc3c(s2)C[C@@H](C)CC3)cc1. The van der Waals surface area contributed by atoms with E-state index in [0.29, 0.717) is 23.2 Å². The number of thiazole rings is 1. The molecule has 1 aliphatic heterocycles. The zero-order valence-corrected chi connectivity index (χ0v) is 19.2. The second kappa shape index (κ2) is 8.77. The molecule has 30 heavy (non-hydrogen) atoms. The van der Waals surface area contributed by atoms with Crippen LogP contribution in [0.4, 0.5) is 5.13 Å². The number of amides is 1. The summed E-state index contributed by atoms with van der Waals surface area (Å²) in [4.78, 5) is 18.7. The molecule has 1 N–H and O–H groups in total. The molecule has 8 heteroatoms. The monoisotopic (exact) mass is 447 g/mol. The predicted molar refractivity (Wildman–Crippen MR) is 120 cm³/mol. The molecule has 162 valence electrons. The highest BCUT2D eigenvalue weighted by Gasteiger charge is 2.32. The van der Waals surface area contributed by atoms with E-state index in [1.807, 2.05) is 6.92 Å². The van der Waals surface area contributed by atoms with Gasteiger partial charge in [-0.05, 0) is 68.7 Å². The molecule has 1 amide bonds. The zero-order chi connectivity index (χ0) is 21.3. The fraction of sp³-hybridized carbons (Fsp3) is 0.545. The summed E-state index contributed by atoms with van der Waals surface area (Å²) in [5.41, 5.74) is 1.53. The van der Waals surface area contributed by atoms with E-state index in [-0.39, 0.29) is 16.8 Å². The van der Waals surface area contributed by atoms with Gasteiger partial charge in [-0.25, -0.2) is 13.4 Å². The summed E-state index contributed by atoms with van der Waals surface area (Å²) in [6.07, 6.45) is 6.81. The third-order valence-corrected chi connectivity index (χ3v) is 9.18. The van der Waals surface area contributed by atoms with Crippen LogP contribution in [0, 0.1) is 5.92 Å². The third-order valence-electron chi connectivity index (χ3n) is 6.17. The first kappa shape index (κ1) is 21.5. The third kappa shape index (κ3) is 4.31. The first-order chi connectivity index (χ1) is 14.4. The van der Waals surface area contributed by atoms with Crippen LogP contribution in [0.1, 0.15) is 66.9 Å². The number of hydrogen-bond acceptors (Lipinski definition) is 5. The Morgan fingerprint density at radius 2 is 2.00 bits per heavy atom. The molecule has 0 radical (unpaired) electrons. The Hall–Kier alpha value is -1.77. The molecule has 2 aliphatic rings. The summed E-state index contributed by atoms with van der Waals surface area (Å²) in [7, 11) is -3.54. The van der Waals surface area contributed by atoms with Crippen LogP contribution in [0.25, 0.3) is 0 Å². The summed E-state index contributed by atoms with van der Waals surface area (Å²) in [6.45, 7) is 4.84. The lowest BCUT2D eigenvalue weighted by atomic mass is 9.93. The maximum absolute atomic E-state index is 13.1. The molecule has 1 aromatic carbocycles. The van der Waals surface area contributed by atoms with Gasteiger partial charge in [-0.2, -0.15) is 4.31 Å². The van der Waals surface area contributed by atoms with E-state index in [1.165, 1.54) is 4.88 Å². The van der Waals surface area contributed by atoms with E-state index in [4.69, 9.17) is 0 Å².